The maximum absolute atomic E-state index is 11.9. The van der Waals surface area contributed by atoms with Crippen molar-refractivity contribution in [3.8, 4) is 0 Å². The van der Waals surface area contributed by atoms with Crippen LogP contribution in [0.2, 0.25) is 0 Å². The lowest BCUT2D eigenvalue weighted by atomic mass is 10.1. The Kier molecular flexibility index (Phi) is 2.28. The van der Waals surface area contributed by atoms with Gasteiger partial charge >= 0.3 is 0 Å². The Labute approximate surface area is 86.8 Å². The molecule has 0 amide bonds. The highest BCUT2D eigenvalue weighted by molar-refractivity contribution is 5.80. The smallest absolute Gasteiger partial charge is 0.263 e. The highest BCUT2D eigenvalue weighted by atomic mass is 16.3. The quantitative estimate of drug-likeness (QED) is 0.752. The van der Waals surface area contributed by atoms with E-state index >= 15 is 0 Å². The van der Waals surface area contributed by atoms with Crippen LogP contribution in [0.15, 0.2) is 23.0 Å². The fourth-order valence-corrected chi connectivity index (χ4v) is 1.66. The summed E-state index contributed by atoms with van der Waals surface area (Å²) in [7, 11) is 0. The van der Waals surface area contributed by atoms with Crippen LogP contribution in [0, 0.1) is 13.8 Å². The van der Waals surface area contributed by atoms with Crippen molar-refractivity contribution in [2.45, 2.75) is 20.6 Å². The number of aromatic nitrogens is 2. The largest absolute Gasteiger partial charge is 0.376 e. The van der Waals surface area contributed by atoms with Gasteiger partial charge in [0.1, 0.15) is 12.6 Å². The van der Waals surface area contributed by atoms with Crippen molar-refractivity contribution in [1.82, 2.24) is 9.55 Å². The molecule has 0 bridgehead atoms. The number of rotatable bonds is 1. The first kappa shape index (κ1) is 9.86. The fourth-order valence-electron chi connectivity index (χ4n) is 1.66. The molecule has 0 aliphatic rings. The Bertz CT molecular complexity index is 573. The van der Waals surface area contributed by atoms with Gasteiger partial charge in [-0.15, -0.1) is 0 Å². The van der Waals surface area contributed by atoms with Gasteiger partial charge in [0.15, 0.2) is 0 Å². The number of nitrogens with zero attached hydrogens (tertiary/aromatic N) is 2. The molecule has 2 aromatic rings. The summed E-state index contributed by atoms with van der Waals surface area (Å²) < 4.78 is 1.25. The first-order valence-electron chi connectivity index (χ1n) is 4.73. The van der Waals surface area contributed by atoms with Gasteiger partial charge in [-0.3, -0.25) is 9.36 Å². The van der Waals surface area contributed by atoms with Gasteiger partial charge in [-0.2, -0.15) is 0 Å². The Hall–Kier alpha value is -1.68. The van der Waals surface area contributed by atoms with Gasteiger partial charge in [-0.1, -0.05) is 12.1 Å². The third-order valence-electron chi connectivity index (χ3n) is 2.52. The zero-order valence-corrected chi connectivity index (χ0v) is 8.69. The maximum atomic E-state index is 11.9. The summed E-state index contributed by atoms with van der Waals surface area (Å²) in [4.78, 5) is 16.2. The van der Waals surface area contributed by atoms with E-state index in [9.17, 15) is 4.79 Å². The van der Waals surface area contributed by atoms with Crippen LogP contribution in [-0.4, -0.2) is 14.7 Å². The van der Waals surface area contributed by atoms with E-state index in [0.717, 1.165) is 5.56 Å². The summed E-state index contributed by atoms with van der Waals surface area (Å²) >= 11 is 0. The Morgan fingerprint density at radius 1 is 1.40 bits per heavy atom. The van der Waals surface area contributed by atoms with Gasteiger partial charge in [-0.05, 0) is 25.5 Å². The average molecular weight is 204 g/mol. The van der Waals surface area contributed by atoms with Crippen LogP contribution < -0.4 is 5.56 Å². The molecule has 0 saturated heterocycles. The van der Waals surface area contributed by atoms with Crippen LogP contribution in [0.25, 0.3) is 10.9 Å². The second kappa shape index (κ2) is 3.47. The number of fused-ring (bicyclic) bond motifs is 1. The lowest BCUT2D eigenvalue weighted by Gasteiger charge is -2.08. The number of aliphatic hydroxyl groups is 1. The second-order valence-corrected chi connectivity index (χ2v) is 3.50. The van der Waals surface area contributed by atoms with Gasteiger partial charge in [0.2, 0.25) is 0 Å². The lowest BCUT2D eigenvalue weighted by Crippen LogP contribution is -2.24. The topological polar surface area (TPSA) is 55.1 Å². The molecule has 1 N–H and O–H groups in total. The maximum Gasteiger partial charge on any atom is 0.263 e. The number of para-hydroxylation sites is 1. The number of benzene rings is 1. The van der Waals surface area contributed by atoms with E-state index < -0.39 is 0 Å². The molecule has 0 aliphatic heterocycles. The highest BCUT2D eigenvalue weighted by Gasteiger charge is 2.07. The molecule has 78 valence electrons. The van der Waals surface area contributed by atoms with E-state index in [2.05, 4.69) is 4.98 Å². The zero-order valence-electron chi connectivity index (χ0n) is 8.69. The number of aliphatic hydroxyl groups excluding tert-OH is 1. The summed E-state index contributed by atoms with van der Waals surface area (Å²) in [6.07, 6.45) is 0. The van der Waals surface area contributed by atoms with Gasteiger partial charge in [0.25, 0.3) is 5.56 Å². The molecule has 0 spiro atoms. The molecule has 1 aromatic carbocycles. The molecule has 2 rings (SSSR count). The summed E-state index contributed by atoms with van der Waals surface area (Å²) in [6.45, 7) is 3.29. The molecular formula is C11H12N2O2. The summed E-state index contributed by atoms with van der Waals surface area (Å²) in [5, 5.41) is 9.60. The molecule has 1 heterocycles. The molecule has 1 aromatic heterocycles. The van der Waals surface area contributed by atoms with E-state index in [-0.39, 0.29) is 12.3 Å². The molecule has 0 saturated carbocycles. The van der Waals surface area contributed by atoms with Crippen LogP contribution in [0.4, 0.5) is 0 Å². The van der Waals surface area contributed by atoms with Crippen molar-refractivity contribution in [3.05, 3.63) is 39.9 Å². The molecule has 4 heteroatoms. The van der Waals surface area contributed by atoms with E-state index in [1.54, 1.807) is 13.0 Å². The van der Waals surface area contributed by atoms with E-state index in [1.165, 1.54) is 4.57 Å². The number of hydrogen-bond donors (Lipinski definition) is 1. The summed E-state index contributed by atoms with van der Waals surface area (Å²) in [5.41, 5.74) is 1.49. The predicted molar refractivity (Wildman–Crippen MR) is 57.7 cm³/mol. The fraction of sp³-hybridized carbons (Fsp3) is 0.273. The second-order valence-electron chi connectivity index (χ2n) is 3.50. The van der Waals surface area contributed by atoms with Gasteiger partial charge < -0.3 is 5.11 Å². The van der Waals surface area contributed by atoms with Crippen molar-refractivity contribution in [1.29, 1.82) is 0 Å². The molecule has 0 fully saturated rings. The van der Waals surface area contributed by atoms with Gasteiger partial charge in [0, 0.05) is 0 Å². The standard InChI is InChI=1S/C11H12N2O2/c1-7-4-3-5-9-10(7)12-8(2)13(6-14)11(9)15/h3-5,14H,6H2,1-2H3. The van der Waals surface area contributed by atoms with Crippen LogP contribution in [0.3, 0.4) is 0 Å². The monoisotopic (exact) mass is 204 g/mol. The minimum absolute atomic E-state index is 0.191. The predicted octanol–water partition coefficient (Wildman–Crippen LogP) is 0.963. The molecule has 0 unspecified atom stereocenters. The van der Waals surface area contributed by atoms with Crippen LogP contribution in [0.5, 0.6) is 0 Å². The Morgan fingerprint density at radius 3 is 2.80 bits per heavy atom. The minimum Gasteiger partial charge on any atom is -0.376 e. The third kappa shape index (κ3) is 1.43. The van der Waals surface area contributed by atoms with Crippen molar-refractivity contribution in [2.24, 2.45) is 0 Å². The lowest BCUT2D eigenvalue weighted by molar-refractivity contribution is 0.202. The summed E-state index contributed by atoms with van der Waals surface area (Å²) in [6, 6.07) is 5.46. The first-order chi connectivity index (χ1) is 7.15. The van der Waals surface area contributed by atoms with Crippen molar-refractivity contribution in [3.63, 3.8) is 0 Å². The molecule has 0 radical (unpaired) electrons. The van der Waals surface area contributed by atoms with Crippen LogP contribution in [-0.2, 0) is 6.73 Å². The minimum atomic E-state index is -0.332. The molecular weight excluding hydrogens is 192 g/mol. The normalized spacial score (nSPS) is 10.9. The zero-order chi connectivity index (χ0) is 11.0. The number of hydrogen-bond acceptors (Lipinski definition) is 3. The Balaban J connectivity index is 2.98. The number of aryl methyl sites for hydroxylation is 2. The molecule has 0 aliphatic carbocycles. The van der Waals surface area contributed by atoms with E-state index in [4.69, 9.17) is 5.11 Å². The first-order valence-corrected chi connectivity index (χ1v) is 4.73. The van der Waals surface area contributed by atoms with E-state index in [0.29, 0.717) is 16.7 Å². The van der Waals surface area contributed by atoms with Crippen molar-refractivity contribution >= 4 is 10.9 Å². The van der Waals surface area contributed by atoms with Crippen LogP contribution in [0.1, 0.15) is 11.4 Å². The molecule has 4 nitrogen and oxygen atoms in total. The van der Waals surface area contributed by atoms with Gasteiger partial charge in [-0.25, -0.2) is 4.98 Å². The summed E-state index contributed by atoms with van der Waals surface area (Å²) in [5.74, 6) is 0.532. The highest BCUT2D eigenvalue weighted by Crippen LogP contribution is 2.12. The third-order valence-corrected chi connectivity index (χ3v) is 2.52. The van der Waals surface area contributed by atoms with Crippen LogP contribution >= 0.6 is 0 Å². The average Bonchev–Trinajstić information content (AvgIpc) is 2.20. The van der Waals surface area contributed by atoms with Crippen molar-refractivity contribution < 1.29 is 5.11 Å². The molecule has 0 atom stereocenters. The van der Waals surface area contributed by atoms with E-state index in [1.807, 2.05) is 19.1 Å². The van der Waals surface area contributed by atoms with Gasteiger partial charge in [0.05, 0.1) is 10.9 Å². The SMILES string of the molecule is Cc1cccc2c(=O)n(CO)c(C)nc12. The molecule has 15 heavy (non-hydrogen) atoms. The Morgan fingerprint density at radius 2 is 2.13 bits per heavy atom. The van der Waals surface area contributed by atoms with Crippen molar-refractivity contribution in [2.75, 3.05) is 0 Å².